The van der Waals surface area contributed by atoms with Crippen LogP contribution in [0.3, 0.4) is 0 Å². The first-order chi connectivity index (χ1) is 33.5. The average Bonchev–Trinajstić information content (AvgIpc) is 3.31. The lowest BCUT2D eigenvalue weighted by molar-refractivity contribution is -0.216. The van der Waals surface area contributed by atoms with Crippen LogP contribution in [0.15, 0.2) is 85.1 Å². The van der Waals surface area contributed by atoms with E-state index in [4.69, 9.17) is 18.5 Å². The van der Waals surface area contributed by atoms with Gasteiger partial charge in [-0.05, 0) is 70.6 Å². The summed E-state index contributed by atoms with van der Waals surface area (Å²) in [5.41, 5.74) is 0. The van der Waals surface area contributed by atoms with Crippen molar-refractivity contribution in [1.29, 1.82) is 0 Å². The summed E-state index contributed by atoms with van der Waals surface area (Å²) in [6.07, 6.45) is 33.0. The second kappa shape index (κ2) is 40.6. The number of aliphatic hydroxyl groups is 5. The van der Waals surface area contributed by atoms with Gasteiger partial charge in [-0.15, -0.1) is 0 Å². The van der Waals surface area contributed by atoms with E-state index in [0.29, 0.717) is 25.7 Å². The van der Waals surface area contributed by atoms with Crippen molar-refractivity contribution in [3.63, 3.8) is 0 Å². The van der Waals surface area contributed by atoms with Crippen molar-refractivity contribution in [3.8, 4) is 0 Å². The molecule has 17 nitrogen and oxygen atoms in total. The van der Waals surface area contributed by atoms with E-state index in [1.165, 1.54) is 38.5 Å². The van der Waals surface area contributed by atoms with Crippen LogP contribution in [-0.2, 0) is 41.8 Å². The summed E-state index contributed by atoms with van der Waals surface area (Å²) >= 11 is 0. The van der Waals surface area contributed by atoms with Crippen LogP contribution >= 0.6 is 15.6 Å². The van der Waals surface area contributed by atoms with Gasteiger partial charge < -0.3 is 49.7 Å². The molecule has 8 N–H and O–H groups in total. The fraction of sp³-hybridized carbons (Fsp3) is 0.686. The van der Waals surface area contributed by atoms with E-state index < -0.39 is 89.6 Å². The maximum atomic E-state index is 13.0. The number of esters is 2. The second-order valence-electron chi connectivity index (χ2n) is 17.3. The fourth-order valence-electron chi connectivity index (χ4n) is 7.13. The number of hydrogen-bond donors (Lipinski definition) is 8. The monoisotopic (exact) mass is 1030 g/mol. The molecule has 0 heterocycles. The Kier molecular flexibility index (Phi) is 37.8. The van der Waals surface area contributed by atoms with Gasteiger partial charge in [0, 0.05) is 12.8 Å². The van der Waals surface area contributed by atoms with E-state index in [-0.39, 0.29) is 12.8 Å². The highest BCUT2D eigenvalue weighted by atomic mass is 31.2. The minimum absolute atomic E-state index is 0.0116. The van der Waals surface area contributed by atoms with Crippen LogP contribution in [0.25, 0.3) is 0 Å². The van der Waals surface area contributed by atoms with Crippen LogP contribution in [0.4, 0.5) is 0 Å². The smallest absolute Gasteiger partial charge is 0.462 e. The van der Waals surface area contributed by atoms with Crippen molar-refractivity contribution in [2.45, 2.75) is 210 Å². The van der Waals surface area contributed by atoms with Crippen molar-refractivity contribution < 1.29 is 82.0 Å². The zero-order chi connectivity index (χ0) is 51.9. The molecular formula is C51H86O17P2. The van der Waals surface area contributed by atoms with E-state index >= 15 is 0 Å². The standard InChI is InChI=1S/C51H86O17P2/c1-3-5-7-8-9-10-11-12-13-14-15-18-22-25-28-31-35-39-45(54)66-43(41-65-70(62,63)68-51-48(57)46(55)47(56)50(49(51)58)67-69(59,60)61)40-64-44(53)38-34-30-27-24-21-19-16-17-20-23-26-29-33-37-42(52)36-32-6-4-2/h6,12-13,17,19-21,26-27,29-30,32-33,37,42-43,46-52,55-58H,3-5,7-11,14-16,18,22-25,28,31,34-36,38-41H2,1-2H3,(H,62,63)(H2,59,60,61)/b13-12-,20-17-,21-19-,29-26+,30-27-,32-6-,37-33+/t42?,43-,46?,47?,48?,49?,50-,51+/m1/s1. The third-order valence-corrected chi connectivity index (χ3v) is 12.6. The topological polar surface area (TPSA) is 276 Å². The lowest BCUT2D eigenvalue weighted by Crippen LogP contribution is -2.64. The molecule has 0 aromatic heterocycles. The summed E-state index contributed by atoms with van der Waals surface area (Å²) in [7, 11) is -10.7. The quantitative estimate of drug-likeness (QED) is 0.00932. The van der Waals surface area contributed by atoms with E-state index in [9.17, 15) is 58.9 Å². The Morgan fingerprint density at radius 3 is 1.66 bits per heavy atom. The van der Waals surface area contributed by atoms with Gasteiger partial charge in [0.05, 0.1) is 12.7 Å². The molecule has 1 saturated carbocycles. The first kappa shape index (κ1) is 65.2. The van der Waals surface area contributed by atoms with Gasteiger partial charge in [-0.2, -0.15) is 0 Å². The Morgan fingerprint density at radius 2 is 1.07 bits per heavy atom. The minimum atomic E-state index is -5.38. The van der Waals surface area contributed by atoms with Crippen molar-refractivity contribution in [3.05, 3.63) is 85.1 Å². The molecular weight excluding hydrogens is 946 g/mol. The third kappa shape index (κ3) is 34.5. The van der Waals surface area contributed by atoms with E-state index in [2.05, 4.69) is 23.6 Å². The van der Waals surface area contributed by atoms with Gasteiger partial charge in [-0.25, -0.2) is 9.13 Å². The number of rotatable bonds is 41. The molecule has 0 aromatic carbocycles. The van der Waals surface area contributed by atoms with Gasteiger partial charge in [0.1, 0.15) is 43.2 Å². The van der Waals surface area contributed by atoms with E-state index in [0.717, 1.165) is 70.6 Å². The van der Waals surface area contributed by atoms with Crippen molar-refractivity contribution in [1.82, 2.24) is 0 Å². The number of carbonyl (C=O) groups excluding carboxylic acids is 2. The molecule has 0 saturated heterocycles. The molecule has 0 spiro atoms. The molecule has 6 unspecified atom stereocenters. The van der Waals surface area contributed by atoms with Crippen LogP contribution < -0.4 is 0 Å². The number of unbranched alkanes of at least 4 members (excludes halogenated alkanes) is 13. The summed E-state index contributed by atoms with van der Waals surface area (Å²) in [6, 6.07) is 0. The maximum absolute atomic E-state index is 13.0. The Morgan fingerprint density at radius 1 is 0.543 bits per heavy atom. The summed E-state index contributed by atoms with van der Waals surface area (Å²) in [6.45, 7) is 2.84. The van der Waals surface area contributed by atoms with Crippen molar-refractivity contribution in [2.24, 2.45) is 0 Å². The SMILES string of the molecule is CC/C=C\CC(O)/C=C/C=C/C/C=C\C/C=C\C/C=C\CCC(=O)OC[C@H](COP(=O)(O)O[C@H]1C(O)C(O)C(O)[C@@H](OP(=O)(O)O)C1O)OC(=O)CCCCCCCCC/C=C\CCCCCCCC. The number of hydrogen-bond acceptors (Lipinski definition) is 14. The first-order valence-corrected chi connectivity index (χ1v) is 28.3. The van der Waals surface area contributed by atoms with Crippen molar-refractivity contribution in [2.75, 3.05) is 13.2 Å². The first-order valence-electron chi connectivity index (χ1n) is 25.2. The number of aliphatic hydroxyl groups excluding tert-OH is 5. The van der Waals surface area contributed by atoms with Gasteiger partial charge in [0.2, 0.25) is 0 Å². The summed E-state index contributed by atoms with van der Waals surface area (Å²) in [4.78, 5) is 54.4. The van der Waals surface area contributed by atoms with Gasteiger partial charge >= 0.3 is 27.6 Å². The zero-order valence-corrected chi connectivity index (χ0v) is 43.3. The molecule has 19 heteroatoms. The van der Waals surface area contributed by atoms with E-state index in [1.54, 1.807) is 6.08 Å². The lowest BCUT2D eigenvalue weighted by Gasteiger charge is -2.43. The Balaban J connectivity index is 2.63. The molecule has 0 amide bonds. The van der Waals surface area contributed by atoms with Crippen LogP contribution in [-0.4, -0.2) is 114 Å². The highest BCUT2D eigenvalue weighted by Gasteiger charge is 2.54. The number of allylic oxidation sites excluding steroid dienone is 12. The average molecular weight is 1030 g/mol. The highest BCUT2D eigenvalue weighted by Crippen LogP contribution is 2.49. The lowest BCUT2D eigenvalue weighted by atomic mass is 9.85. The van der Waals surface area contributed by atoms with Gasteiger partial charge in [-0.1, -0.05) is 163 Å². The predicted molar refractivity (Wildman–Crippen MR) is 270 cm³/mol. The number of phosphoric acid groups is 2. The molecule has 0 aliphatic heterocycles. The predicted octanol–water partition coefficient (Wildman–Crippen LogP) is 9.15. The Hall–Kier alpha value is -2.86. The Labute approximate surface area is 416 Å². The largest absolute Gasteiger partial charge is 0.472 e. The molecule has 402 valence electrons. The van der Waals surface area contributed by atoms with Crippen molar-refractivity contribution >= 4 is 27.6 Å². The summed E-state index contributed by atoms with van der Waals surface area (Å²) in [5.74, 6) is -1.33. The fourth-order valence-corrected chi connectivity index (χ4v) is 8.67. The minimum Gasteiger partial charge on any atom is -0.462 e. The van der Waals surface area contributed by atoms with Crippen LogP contribution in [0.1, 0.15) is 162 Å². The molecule has 9 atom stereocenters. The van der Waals surface area contributed by atoms with Crippen LogP contribution in [0.2, 0.25) is 0 Å². The number of phosphoric ester groups is 2. The molecule has 0 radical (unpaired) electrons. The molecule has 1 rings (SSSR count). The summed E-state index contributed by atoms with van der Waals surface area (Å²) in [5, 5.41) is 51.2. The molecule has 1 fully saturated rings. The van der Waals surface area contributed by atoms with Gasteiger partial charge in [0.25, 0.3) is 0 Å². The van der Waals surface area contributed by atoms with Gasteiger partial charge in [-0.3, -0.25) is 23.2 Å². The summed E-state index contributed by atoms with van der Waals surface area (Å²) < 4.78 is 49.4. The molecule has 70 heavy (non-hydrogen) atoms. The van der Waals surface area contributed by atoms with Crippen LogP contribution in [0, 0.1) is 0 Å². The molecule has 0 bridgehead atoms. The second-order valence-corrected chi connectivity index (χ2v) is 19.9. The molecule has 1 aliphatic rings. The highest BCUT2D eigenvalue weighted by molar-refractivity contribution is 7.47. The number of ether oxygens (including phenoxy) is 2. The molecule has 0 aromatic rings. The van der Waals surface area contributed by atoms with Crippen LogP contribution in [0.5, 0.6) is 0 Å². The number of carbonyl (C=O) groups is 2. The van der Waals surface area contributed by atoms with Gasteiger partial charge in [0.15, 0.2) is 6.10 Å². The molecule has 1 aliphatic carbocycles. The third-order valence-electron chi connectivity index (χ3n) is 11.0. The zero-order valence-electron chi connectivity index (χ0n) is 41.5. The normalized spacial score (nSPS) is 22.1. The van der Waals surface area contributed by atoms with E-state index in [1.807, 2.05) is 73.8 Å². The maximum Gasteiger partial charge on any atom is 0.472 e. The Bertz CT molecular complexity index is 1690.